The second kappa shape index (κ2) is 5.19. The molecular formula is C5H6N2O7S. The van der Waals surface area contributed by atoms with Crippen LogP contribution in [-0.2, 0) is 10.4 Å². The highest BCUT2D eigenvalue weighted by Crippen LogP contribution is 1.79. The van der Waals surface area contributed by atoms with Gasteiger partial charge in [-0.15, -0.1) is 0 Å². The smallest absolute Gasteiger partial charge is 0.394 e. The van der Waals surface area contributed by atoms with Crippen molar-refractivity contribution in [3.63, 3.8) is 0 Å². The fourth-order valence-electron chi connectivity index (χ4n) is 0.504. The second-order valence-electron chi connectivity index (χ2n) is 2.02. The molecule has 15 heavy (non-hydrogen) atoms. The van der Waals surface area contributed by atoms with E-state index in [1.165, 1.54) is 12.4 Å². The molecule has 0 bridgehead atoms. The molecule has 0 aliphatic carbocycles. The lowest BCUT2D eigenvalue weighted by atomic mass is 10.4. The molecule has 1 aromatic heterocycles. The number of hydrogen-bond donors (Lipinski definition) is 4. The van der Waals surface area contributed by atoms with Crippen LogP contribution in [0.3, 0.4) is 0 Å². The van der Waals surface area contributed by atoms with Gasteiger partial charge in [0.25, 0.3) is 5.56 Å². The molecule has 0 unspecified atom stereocenters. The molecule has 0 aromatic carbocycles. The third-order valence-electron chi connectivity index (χ3n) is 0.910. The summed E-state index contributed by atoms with van der Waals surface area (Å²) in [6.45, 7) is 0. The first kappa shape index (κ1) is 13.2. The maximum absolute atomic E-state index is 10.6. The molecule has 0 aliphatic heterocycles. The summed E-state index contributed by atoms with van der Waals surface area (Å²) in [6.07, 6.45) is 2.49. The molecule has 0 saturated heterocycles. The summed E-state index contributed by atoms with van der Waals surface area (Å²) < 4.78 is 31.6. The maximum atomic E-state index is 10.6. The molecule has 0 saturated carbocycles. The molecule has 1 rings (SSSR count). The predicted octanol–water partition coefficient (Wildman–Crippen LogP) is -1.18. The average Bonchev–Trinajstić information content (AvgIpc) is 2.01. The first-order chi connectivity index (χ1) is 6.72. The Balaban J connectivity index is 0.000000336. The van der Waals surface area contributed by atoms with Crippen LogP contribution in [0.1, 0.15) is 10.5 Å². The van der Waals surface area contributed by atoms with E-state index in [-0.39, 0.29) is 0 Å². The molecule has 0 atom stereocenters. The van der Waals surface area contributed by atoms with Gasteiger partial charge in [-0.1, -0.05) is 0 Å². The van der Waals surface area contributed by atoms with Gasteiger partial charge in [0.15, 0.2) is 0 Å². The fourth-order valence-corrected chi connectivity index (χ4v) is 0.504. The lowest BCUT2D eigenvalue weighted by molar-refractivity contribution is 0.0688. The van der Waals surface area contributed by atoms with Crippen molar-refractivity contribution in [2.45, 2.75) is 0 Å². The van der Waals surface area contributed by atoms with Gasteiger partial charge in [-0.25, -0.2) is 9.78 Å². The zero-order valence-corrected chi connectivity index (χ0v) is 7.80. The van der Waals surface area contributed by atoms with Gasteiger partial charge < -0.3 is 10.1 Å². The Labute approximate surface area is 83.0 Å². The number of nitrogens with zero attached hydrogens (tertiary/aromatic N) is 1. The highest BCUT2D eigenvalue weighted by atomic mass is 32.3. The zero-order chi connectivity index (χ0) is 12.1. The normalized spacial score (nSPS) is 10.0. The maximum Gasteiger partial charge on any atom is 0.394 e. The summed E-state index contributed by atoms with van der Waals surface area (Å²) in [5, 5.41) is 8.28. The number of rotatable bonds is 1. The van der Waals surface area contributed by atoms with Crippen molar-refractivity contribution in [1.82, 2.24) is 9.97 Å². The second-order valence-corrected chi connectivity index (χ2v) is 2.92. The molecule has 0 aliphatic rings. The minimum Gasteiger partial charge on any atom is -0.476 e. The lowest BCUT2D eigenvalue weighted by Gasteiger charge is -1.87. The highest BCUT2D eigenvalue weighted by Gasteiger charge is 2.07. The number of aromatic nitrogens is 2. The Bertz CT molecular complexity index is 482. The Morgan fingerprint density at radius 3 is 2.13 bits per heavy atom. The highest BCUT2D eigenvalue weighted by molar-refractivity contribution is 7.79. The first-order valence-corrected chi connectivity index (χ1v) is 4.58. The molecule has 9 nitrogen and oxygen atoms in total. The third-order valence-corrected chi connectivity index (χ3v) is 0.910. The van der Waals surface area contributed by atoms with Crippen LogP contribution in [-0.4, -0.2) is 38.6 Å². The number of H-pyrrole nitrogens is 1. The summed E-state index contributed by atoms with van der Waals surface area (Å²) in [6, 6.07) is 0. The summed E-state index contributed by atoms with van der Waals surface area (Å²) in [5.74, 6) is -1.32. The van der Waals surface area contributed by atoms with Crippen molar-refractivity contribution in [3.05, 3.63) is 28.4 Å². The fraction of sp³-hybridized carbons (Fsp3) is 0. The quantitative estimate of drug-likeness (QED) is 0.445. The summed E-state index contributed by atoms with van der Waals surface area (Å²) in [4.78, 5) is 26.2. The average molecular weight is 238 g/mol. The predicted molar refractivity (Wildman–Crippen MR) is 46.0 cm³/mol. The number of nitrogens with one attached hydrogen (secondary N) is 1. The van der Waals surface area contributed by atoms with Gasteiger partial charge >= 0.3 is 16.4 Å². The Morgan fingerprint density at radius 1 is 1.40 bits per heavy atom. The van der Waals surface area contributed by atoms with E-state index in [2.05, 4.69) is 9.97 Å². The van der Waals surface area contributed by atoms with Crippen LogP contribution in [0.5, 0.6) is 0 Å². The Hall–Kier alpha value is -1.78. The van der Waals surface area contributed by atoms with E-state index in [4.69, 9.17) is 22.6 Å². The van der Waals surface area contributed by atoms with E-state index < -0.39 is 27.6 Å². The topological polar surface area (TPSA) is 158 Å². The van der Waals surface area contributed by atoms with Gasteiger partial charge in [-0.3, -0.25) is 13.9 Å². The SMILES string of the molecule is O=C(O)c1ncc[nH]c1=O.O=S(=O)(O)O. The van der Waals surface area contributed by atoms with Crippen molar-refractivity contribution in [1.29, 1.82) is 0 Å². The van der Waals surface area contributed by atoms with Crippen LogP contribution in [0.25, 0.3) is 0 Å². The standard InChI is InChI=1S/C5H4N2O3.H2O4S/c8-4-3(5(9)10)6-1-2-7-4;1-5(2,3)4/h1-2H,(H,7,8)(H,9,10);(H2,1,2,3,4). The van der Waals surface area contributed by atoms with Crippen LogP contribution in [0.15, 0.2) is 17.2 Å². The molecule has 0 fully saturated rings. The number of carboxylic acid groups (broad SMARTS) is 1. The monoisotopic (exact) mass is 238 g/mol. The number of carbonyl (C=O) groups is 1. The van der Waals surface area contributed by atoms with Crippen LogP contribution in [0, 0.1) is 0 Å². The molecule has 10 heteroatoms. The molecule has 0 amide bonds. The summed E-state index contributed by atoms with van der Waals surface area (Å²) >= 11 is 0. The van der Waals surface area contributed by atoms with Crippen molar-refractivity contribution in [2.24, 2.45) is 0 Å². The van der Waals surface area contributed by atoms with Gasteiger partial charge in [-0.2, -0.15) is 8.42 Å². The van der Waals surface area contributed by atoms with Crippen molar-refractivity contribution >= 4 is 16.4 Å². The summed E-state index contributed by atoms with van der Waals surface area (Å²) in [7, 11) is -4.67. The van der Waals surface area contributed by atoms with E-state index in [0.717, 1.165) is 0 Å². The minimum absolute atomic E-state index is 0.484. The zero-order valence-electron chi connectivity index (χ0n) is 6.98. The van der Waals surface area contributed by atoms with E-state index in [1.54, 1.807) is 0 Å². The van der Waals surface area contributed by atoms with E-state index in [9.17, 15) is 9.59 Å². The molecule has 0 radical (unpaired) electrons. The van der Waals surface area contributed by atoms with E-state index in [1.807, 2.05) is 0 Å². The summed E-state index contributed by atoms with van der Waals surface area (Å²) in [5.41, 5.74) is -1.17. The number of aromatic carboxylic acids is 1. The molecule has 1 heterocycles. The molecule has 84 valence electrons. The first-order valence-electron chi connectivity index (χ1n) is 3.18. The van der Waals surface area contributed by atoms with Crippen molar-refractivity contribution in [2.75, 3.05) is 0 Å². The molecule has 4 N–H and O–H groups in total. The molecule has 1 aromatic rings. The third kappa shape index (κ3) is 7.30. The number of aromatic amines is 1. The van der Waals surface area contributed by atoms with Gasteiger partial charge in [0.05, 0.1) is 0 Å². The van der Waals surface area contributed by atoms with Gasteiger partial charge in [-0.05, 0) is 0 Å². The Kier molecular flexibility index (Phi) is 4.57. The van der Waals surface area contributed by atoms with Crippen molar-refractivity contribution in [3.8, 4) is 0 Å². The Morgan fingerprint density at radius 2 is 1.87 bits per heavy atom. The number of carboxylic acids is 1. The minimum atomic E-state index is -4.67. The molecular weight excluding hydrogens is 232 g/mol. The van der Waals surface area contributed by atoms with Crippen LogP contribution >= 0.6 is 0 Å². The van der Waals surface area contributed by atoms with Gasteiger partial charge in [0, 0.05) is 12.4 Å². The van der Waals surface area contributed by atoms with Crippen LogP contribution in [0.4, 0.5) is 0 Å². The van der Waals surface area contributed by atoms with Crippen molar-refractivity contribution < 1.29 is 27.4 Å². The van der Waals surface area contributed by atoms with Crippen LogP contribution in [0.2, 0.25) is 0 Å². The van der Waals surface area contributed by atoms with E-state index >= 15 is 0 Å². The van der Waals surface area contributed by atoms with Crippen LogP contribution < -0.4 is 5.56 Å². The number of hydrogen-bond acceptors (Lipinski definition) is 5. The molecule has 0 spiro atoms. The lowest BCUT2D eigenvalue weighted by Crippen LogP contribution is -2.18. The van der Waals surface area contributed by atoms with Gasteiger partial charge in [0.1, 0.15) is 0 Å². The van der Waals surface area contributed by atoms with Gasteiger partial charge in [0.2, 0.25) is 5.69 Å². The van der Waals surface area contributed by atoms with E-state index in [0.29, 0.717) is 0 Å². The largest absolute Gasteiger partial charge is 0.476 e.